The van der Waals surface area contributed by atoms with E-state index < -0.39 is 5.97 Å². The lowest BCUT2D eigenvalue weighted by Crippen LogP contribution is -2.08. The number of hydrogen-bond acceptors (Lipinski definition) is 3. The quantitative estimate of drug-likeness (QED) is 0.648. The minimum absolute atomic E-state index is 0.0908. The van der Waals surface area contributed by atoms with Gasteiger partial charge in [-0.15, -0.1) is 0 Å². The maximum Gasteiger partial charge on any atom is 0.343 e. The third-order valence-electron chi connectivity index (χ3n) is 2.30. The van der Waals surface area contributed by atoms with E-state index in [1.807, 2.05) is 6.07 Å². The van der Waals surface area contributed by atoms with Crippen molar-refractivity contribution < 1.29 is 14.6 Å². The molecule has 0 atom stereocenters. The minimum atomic E-state index is -0.425. The molecule has 86 valence electrons. The van der Waals surface area contributed by atoms with Crippen molar-refractivity contribution in [2.75, 3.05) is 0 Å². The van der Waals surface area contributed by atoms with Crippen LogP contribution in [0.25, 0.3) is 0 Å². The number of hydrogen-bond donors (Lipinski definition) is 1. The van der Waals surface area contributed by atoms with Crippen LogP contribution in [-0.4, -0.2) is 11.1 Å². The van der Waals surface area contributed by atoms with E-state index in [1.165, 1.54) is 0 Å². The highest BCUT2D eigenvalue weighted by atomic mass is 16.5. The average molecular weight is 228 g/mol. The van der Waals surface area contributed by atoms with Gasteiger partial charge >= 0.3 is 5.97 Å². The molecule has 0 aromatic heterocycles. The third kappa shape index (κ3) is 2.92. The van der Waals surface area contributed by atoms with Crippen molar-refractivity contribution in [2.45, 2.75) is 6.61 Å². The summed E-state index contributed by atoms with van der Waals surface area (Å²) in [4.78, 5) is 11.8. The number of rotatable bonds is 3. The summed E-state index contributed by atoms with van der Waals surface area (Å²) in [7, 11) is 0. The molecule has 0 amide bonds. The predicted octanol–water partition coefficient (Wildman–Crippen LogP) is 2.40. The average Bonchev–Trinajstić information content (AvgIpc) is 2.40. The van der Waals surface area contributed by atoms with E-state index in [2.05, 4.69) is 0 Å². The number of ether oxygens (including phenoxy) is 1. The lowest BCUT2D eigenvalue weighted by atomic mass is 10.1. The van der Waals surface area contributed by atoms with Gasteiger partial charge in [-0.2, -0.15) is 0 Å². The molecular weight excluding hydrogens is 216 g/mol. The monoisotopic (exact) mass is 228 g/mol. The van der Waals surface area contributed by atoms with E-state index in [4.69, 9.17) is 9.84 Å². The van der Waals surface area contributed by atoms with E-state index in [-0.39, 0.29) is 6.61 Å². The van der Waals surface area contributed by atoms with Crippen molar-refractivity contribution in [3.05, 3.63) is 65.7 Å². The van der Waals surface area contributed by atoms with E-state index in [1.54, 1.807) is 48.5 Å². The lowest BCUT2D eigenvalue weighted by molar-refractivity contribution is 0.0734. The van der Waals surface area contributed by atoms with Crippen molar-refractivity contribution in [3.8, 4) is 5.75 Å². The van der Waals surface area contributed by atoms with Gasteiger partial charge in [-0.3, -0.25) is 0 Å². The zero-order valence-corrected chi connectivity index (χ0v) is 9.17. The lowest BCUT2D eigenvalue weighted by Gasteiger charge is -2.04. The molecule has 0 fully saturated rings. The van der Waals surface area contributed by atoms with Crippen LogP contribution in [0.5, 0.6) is 5.75 Å². The maximum absolute atomic E-state index is 11.8. The second-order valence-corrected chi connectivity index (χ2v) is 3.56. The normalized spacial score (nSPS) is 9.94. The SMILES string of the molecule is O=C(Oc1ccccc1)c1cccc(CO)c1. The summed E-state index contributed by atoms with van der Waals surface area (Å²) >= 11 is 0. The summed E-state index contributed by atoms with van der Waals surface area (Å²) in [6, 6.07) is 15.6. The summed E-state index contributed by atoms with van der Waals surface area (Å²) in [5.41, 5.74) is 1.12. The van der Waals surface area contributed by atoms with Crippen LogP contribution in [0, 0.1) is 0 Å². The van der Waals surface area contributed by atoms with Crippen LogP contribution in [0.4, 0.5) is 0 Å². The van der Waals surface area contributed by atoms with Crippen LogP contribution in [0.15, 0.2) is 54.6 Å². The third-order valence-corrected chi connectivity index (χ3v) is 2.30. The van der Waals surface area contributed by atoms with Gasteiger partial charge in [0.15, 0.2) is 0 Å². The van der Waals surface area contributed by atoms with Crippen LogP contribution >= 0.6 is 0 Å². The highest BCUT2D eigenvalue weighted by molar-refractivity contribution is 5.91. The number of aliphatic hydroxyl groups is 1. The van der Waals surface area contributed by atoms with Crippen LogP contribution in [-0.2, 0) is 6.61 Å². The molecular formula is C14H12O3. The first-order chi connectivity index (χ1) is 8.29. The zero-order chi connectivity index (χ0) is 12.1. The Balaban J connectivity index is 2.14. The molecule has 3 nitrogen and oxygen atoms in total. The summed E-state index contributed by atoms with van der Waals surface area (Å²) < 4.78 is 5.18. The Morgan fingerprint density at radius 1 is 1.06 bits per heavy atom. The van der Waals surface area contributed by atoms with Gasteiger partial charge in [0.1, 0.15) is 5.75 Å². The number of esters is 1. The molecule has 2 aromatic carbocycles. The fraction of sp³-hybridized carbons (Fsp3) is 0.0714. The van der Waals surface area contributed by atoms with Crippen molar-refractivity contribution in [3.63, 3.8) is 0 Å². The van der Waals surface area contributed by atoms with Crippen molar-refractivity contribution in [1.82, 2.24) is 0 Å². The van der Waals surface area contributed by atoms with Crippen LogP contribution in [0.2, 0.25) is 0 Å². The van der Waals surface area contributed by atoms with Crippen molar-refractivity contribution in [1.29, 1.82) is 0 Å². The van der Waals surface area contributed by atoms with Crippen LogP contribution < -0.4 is 4.74 Å². The summed E-state index contributed by atoms with van der Waals surface area (Å²) in [5.74, 6) is 0.0819. The summed E-state index contributed by atoms with van der Waals surface area (Å²) in [6.07, 6.45) is 0. The Morgan fingerprint density at radius 2 is 1.82 bits per heavy atom. The Labute approximate surface area is 99.3 Å². The molecule has 0 aliphatic heterocycles. The highest BCUT2D eigenvalue weighted by Crippen LogP contribution is 2.12. The number of aliphatic hydroxyl groups excluding tert-OH is 1. The molecule has 3 heteroatoms. The Hall–Kier alpha value is -2.13. The molecule has 1 N–H and O–H groups in total. The first-order valence-corrected chi connectivity index (χ1v) is 5.26. The molecule has 0 saturated carbocycles. The van der Waals surface area contributed by atoms with E-state index >= 15 is 0 Å². The molecule has 0 aliphatic carbocycles. The Kier molecular flexibility index (Phi) is 3.52. The second kappa shape index (κ2) is 5.27. The Morgan fingerprint density at radius 3 is 2.53 bits per heavy atom. The van der Waals surface area contributed by atoms with Crippen molar-refractivity contribution >= 4 is 5.97 Å². The maximum atomic E-state index is 11.8. The van der Waals surface area contributed by atoms with E-state index in [9.17, 15) is 4.79 Å². The molecule has 2 aromatic rings. The number of carbonyl (C=O) groups is 1. The molecule has 0 unspecified atom stereocenters. The van der Waals surface area contributed by atoms with Gasteiger partial charge < -0.3 is 9.84 Å². The molecule has 17 heavy (non-hydrogen) atoms. The molecule has 0 spiro atoms. The molecule has 0 bridgehead atoms. The van der Waals surface area contributed by atoms with Crippen LogP contribution in [0.3, 0.4) is 0 Å². The molecule has 0 heterocycles. The standard InChI is InChI=1S/C14H12O3/c15-10-11-5-4-6-12(9-11)14(16)17-13-7-2-1-3-8-13/h1-9,15H,10H2. The summed E-state index contributed by atoms with van der Waals surface area (Å²) in [5, 5.41) is 8.98. The van der Waals surface area contributed by atoms with E-state index in [0.717, 1.165) is 0 Å². The first kappa shape index (κ1) is 11.4. The van der Waals surface area contributed by atoms with Gasteiger partial charge in [0.25, 0.3) is 0 Å². The zero-order valence-electron chi connectivity index (χ0n) is 9.17. The molecule has 2 rings (SSSR count). The van der Waals surface area contributed by atoms with Crippen molar-refractivity contribution in [2.24, 2.45) is 0 Å². The number of para-hydroxylation sites is 1. The smallest absolute Gasteiger partial charge is 0.343 e. The molecule has 0 aliphatic rings. The largest absolute Gasteiger partial charge is 0.423 e. The first-order valence-electron chi connectivity index (χ1n) is 5.26. The van der Waals surface area contributed by atoms with E-state index in [0.29, 0.717) is 16.9 Å². The van der Waals surface area contributed by atoms with Gasteiger partial charge in [-0.1, -0.05) is 30.3 Å². The number of benzene rings is 2. The van der Waals surface area contributed by atoms with Gasteiger partial charge in [-0.05, 0) is 29.8 Å². The fourth-order valence-electron chi connectivity index (χ4n) is 1.45. The predicted molar refractivity (Wildman–Crippen MR) is 63.8 cm³/mol. The summed E-state index contributed by atoms with van der Waals surface area (Å²) in [6.45, 7) is -0.0908. The Bertz CT molecular complexity index is 506. The molecule has 0 radical (unpaired) electrons. The highest BCUT2D eigenvalue weighted by Gasteiger charge is 2.08. The second-order valence-electron chi connectivity index (χ2n) is 3.56. The molecule has 0 saturated heterocycles. The van der Waals surface area contributed by atoms with Gasteiger partial charge in [0.2, 0.25) is 0 Å². The number of carbonyl (C=O) groups excluding carboxylic acids is 1. The fourth-order valence-corrected chi connectivity index (χ4v) is 1.45. The van der Waals surface area contributed by atoms with Gasteiger partial charge in [0.05, 0.1) is 12.2 Å². The minimum Gasteiger partial charge on any atom is -0.423 e. The van der Waals surface area contributed by atoms with Gasteiger partial charge in [-0.25, -0.2) is 4.79 Å². The topological polar surface area (TPSA) is 46.5 Å². The van der Waals surface area contributed by atoms with Crippen LogP contribution in [0.1, 0.15) is 15.9 Å². The van der Waals surface area contributed by atoms with Gasteiger partial charge in [0, 0.05) is 0 Å².